The van der Waals surface area contributed by atoms with Crippen LogP contribution in [-0.4, -0.2) is 16.2 Å². The second-order valence-corrected chi connectivity index (χ2v) is 5.37. The van der Waals surface area contributed by atoms with Crippen molar-refractivity contribution >= 4 is 17.4 Å². The van der Waals surface area contributed by atoms with E-state index in [0.717, 1.165) is 29.9 Å². The highest BCUT2D eigenvalue weighted by Gasteiger charge is 2.17. The Morgan fingerprint density at radius 2 is 2.22 bits per heavy atom. The number of alkyl halides is 1. The number of hydrogen-bond donors (Lipinski definition) is 0. The van der Waals surface area contributed by atoms with Crippen LogP contribution in [0.15, 0.2) is 18.2 Å². The molecular formula is C15H20ClNO. The summed E-state index contributed by atoms with van der Waals surface area (Å²) in [6.45, 7) is 5.10. The standard InChI is InChI=1S/C15H20ClNO/c1-11-8-14(15(18)9-16)12(2)17(11)10-13-6-4-3-5-7-13/h3-4,8,13H,5-7,9-10H2,1-2H3. The maximum absolute atomic E-state index is 11.7. The highest BCUT2D eigenvalue weighted by Crippen LogP contribution is 2.24. The zero-order valence-electron chi connectivity index (χ0n) is 11.1. The molecule has 1 heterocycles. The topological polar surface area (TPSA) is 22.0 Å². The number of aryl methyl sites for hydroxylation is 1. The smallest absolute Gasteiger partial charge is 0.179 e. The minimum absolute atomic E-state index is 0.0274. The van der Waals surface area contributed by atoms with Crippen LogP contribution in [0.2, 0.25) is 0 Å². The van der Waals surface area contributed by atoms with Gasteiger partial charge in [0, 0.05) is 23.5 Å². The maximum atomic E-state index is 11.7. The van der Waals surface area contributed by atoms with Crippen LogP contribution in [0.1, 0.15) is 41.0 Å². The zero-order valence-corrected chi connectivity index (χ0v) is 11.8. The summed E-state index contributed by atoms with van der Waals surface area (Å²) in [5.74, 6) is 0.787. The molecule has 1 aliphatic rings. The number of ketones is 1. The molecule has 1 aliphatic carbocycles. The average molecular weight is 266 g/mol. The van der Waals surface area contributed by atoms with Crippen molar-refractivity contribution in [1.29, 1.82) is 0 Å². The molecule has 1 atom stereocenters. The molecule has 2 nitrogen and oxygen atoms in total. The van der Waals surface area contributed by atoms with Crippen molar-refractivity contribution in [2.24, 2.45) is 5.92 Å². The monoisotopic (exact) mass is 265 g/mol. The van der Waals surface area contributed by atoms with E-state index in [4.69, 9.17) is 11.6 Å². The second-order valence-electron chi connectivity index (χ2n) is 5.10. The van der Waals surface area contributed by atoms with Gasteiger partial charge >= 0.3 is 0 Å². The summed E-state index contributed by atoms with van der Waals surface area (Å²) >= 11 is 5.64. The maximum Gasteiger partial charge on any atom is 0.179 e. The van der Waals surface area contributed by atoms with E-state index >= 15 is 0 Å². The van der Waals surface area contributed by atoms with E-state index in [1.54, 1.807) is 0 Å². The van der Waals surface area contributed by atoms with Gasteiger partial charge in [-0.05, 0) is 45.1 Å². The lowest BCUT2D eigenvalue weighted by molar-refractivity contribution is 0.102. The van der Waals surface area contributed by atoms with Gasteiger partial charge in [-0.2, -0.15) is 0 Å². The molecule has 1 aromatic rings. The molecule has 0 radical (unpaired) electrons. The third-order valence-electron chi connectivity index (χ3n) is 3.81. The van der Waals surface area contributed by atoms with Gasteiger partial charge < -0.3 is 4.57 Å². The number of carbonyl (C=O) groups is 1. The Labute approximate surface area is 114 Å². The van der Waals surface area contributed by atoms with Crippen LogP contribution in [0, 0.1) is 19.8 Å². The number of aromatic nitrogens is 1. The van der Waals surface area contributed by atoms with Gasteiger partial charge in [-0.1, -0.05) is 12.2 Å². The molecule has 0 amide bonds. The summed E-state index contributed by atoms with van der Waals surface area (Å²) < 4.78 is 2.27. The quantitative estimate of drug-likeness (QED) is 0.460. The van der Waals surface area contributed by atoms with Gasteiger partial charge in [0.05, 0.1) is 5.88 Å². The fourth-order valence-corrected chi connectivity index (χ4v) is 2.86. The Balaban J connectivity index is 2.20. The van der Waals surface area contributed by atoms with Gasteiger partial charge in [0.2, 0.25) is 0 Å². The predicted octanol–water partition coefficient (Wildman–Crippen LogP) is 3.88. The second kappa shape index (κ2) is 5.75. The molecule has 18 heavy (non-hydrogen) atoms. The van der Waals surface area contributed by atoms with Crippen LogP contribution in [0.25, 0.3) is 0 Å². The highest BCUT2D eigenvalue weighted by atomic mass is 35.5. The lowest BCUT2D eigenvalue weighted by atomic mass is 9.94. The molecule has 1 aromatic heterocycles. The Bertz CT molecular complexity index is 473. The van der Waals surface area contributed by atoms with E-state index < -0.39 is 0 Å². The van der Waals surface area contributed by atoms with Crippen molar-refractivity contribution in [2.75, 3.05) is 5.88 Å². The molecule has 3 heteroatoms. The number of nitrogens with zero attached hydrogens (tertiary/aromatic N) is 1. The van der Waals surface area contributed by atoms with Gasteiger partial charge in [0.25, 0.3) is 0 Å². The molecule has 2 rings (SSSR count). The van der Waals surface area contributed by atoms with Crippen LogP contribution >= 0.6 is 11.6 Å². The first-order chi connectivity index (χ1) is 8.63. The van der Waals surface area contributed by atoms with Gasteiger partial charge in [-0.15, -0.1) is 11.6 Å². The SMILES string of the molecule is Cc1cc(C(=O)CCl)c(C)n1CC1CC=CCC1. The first kappa shape index (κ1) is 13.4. The summed E-state index contributed by atoms with van der Waals surface area (Å²) in [6.07, 6.45) is 8.10. The number of carbonyl (C=O) groups excluding carboxylic acids is 1. The molecule has 0 aliphatic heterocycles. The molecule has 0 fully saturated rings. The van der Waals surface area contributed by atoms with Gasteiger partial charge in [0.15, 0.2) is 5.78 Å². The van der Waals surface area contributed by atoms with Crippen LogP contribution in [0.5, 0.6) is 0 Å². The van der Waals surface area contributed by atoms with Crippen molar-refractivity contribution in [3.63, 3.8) is 0 Å². The Kier molecular flexibility index (Phi) is 4.28. The van der Waals surface area contributed by atoms with E-state index in [9.17, 15) is 4.79 Å². The fourth-order valence-electron chi connectivity index (χ4n) is 2.72. The number of hydrogen-bond acceptors (Lipinski definition) is 1. The van der Waals surface area contributed by atoms with Gasteiger partial charge in [-0.3, -0.25) is 4.79 Å². The third-order valence-corrected chi connectivity index (χ3v) is 4.06. The molecular weight excluding hydrogens is 246 g/mol. The molecule has 0 N–H and O–H groups in total. The largest absolute Gasteiger partial charge is 0.348 e. The molecule has 0 saturated carbocycles. The van der Waals surface area contributed by atoms with E-state index in [-0.39, 0.29) is 11.7 Å². The van der Waals surface area contributed by atoms with E-state index in [1.807, 2.05) is 13.0 Å². The average Bonchev–Trinajstić information content (AvgIpc) is 2.67. The zero-order chi connectivity index (χ0) is 13.1. The van der Waals surface area contributed by atoms with Gasteiger partial charge in [-0.25, -0.2) is 0 Å². The van der Waals surface area contributed by atoms with Crippen LogP contribution in [0.3, 0.4) is 0 Å². The number of rotatable bonds is 4. The van der Waals surface area contributed by atoms with E-state index in [2.05, 4.69) is 23.6 Å². The molecule has 98 valence electrons. The van der Waals surface area contributed by atoms with Crippen molar-refractivity contribution < 1.29 is 4.79 Å². The summed E-state index contributed by atoms with van der Waals surface area (Å²) in [6, 6.07) is 1.97. The molecule has 0 saturated heterocycles. The van der Waals surface area contributed by atoms with E-state index in [0.29, 0.717) is 5.92 Å². The van der Waals surface area contributed by atoms with Crippen molar-refractivity contribution in [3.05, 3.63) is 35.2 Å². The predicted molar refractivity (Wildman–Crippen MR) is 75.4 cm³/mol. The summed E-state index contributed by atoms with van der Waals surface area (Å²) in [5.41, 5.74) is 3.01. The molecule has 0 spiro atoms. The summed E-state index contributed by atoms with van der Waals surface area (Å²) in [7, 11) is 0. The number of halogens is 1. The van der Waals surface area contributed by atoms with Crippen LogP contribution < -0.4 is 0 Å². The van der Waals surface area contributed by atoms with Gasteiger partial charge in [0.1, 0.15) is 0 Å². The summed E-state index contributed by atoms with van der Waals surface area (Å²) in [5, 5.41) is 0. The summed E-state index contributed by atoms with van der Waals surface area (Å²) in [4.78, 5) is 11.7. The Hall–Kier alpha value is -1.02. The molecule has 0 aromatic carbocycles. The number of allylic oxidation sites excluding steroid dienone is 2. The minimum atomic E-state index is 0.0274. The van der Waals surface area contributed by atoms with Crippen molar-refractivity contribution in [3.8, 4) is 0 Å². The Morgan fingerprint density at radius 3 is 2.83 bits per heavy atom. The first-order valence-electron chi connectivity index (χ1n) is 6.54. The lowest BCUT2D eigenvalue weighted by Crippen LogP contribution is -2.14. The van der Waals surface area contributed by atoms with Crippen LogP contribution in [-0.2, 0) is 6.54 Å². The van der Waals surface area contributed by atoms with Crippen molar-refractivity contribution in [2.45, 2.75) is 39.7 Å². The highest BCUT2D eigenvalue weighted by molar-refractivity contribution is 6.30. The third kappa shape index (κ3) is 2.69. The Morgan fingerprint density at radius 1 is 1.44 bits per heavy atom. The first-order valence-corrected chi connectivity index (χ1v) is 7.07. The van der Waals surface area contributed by atoms with E-state index in [1.165, 1.54) is 12.8 Å². The van der Waals surface area contributed by atoms with Crippen molar-refractivity contribution in [1.82, 2.24) is 4.57 Å². The lowest BCUT2D eigenvalue weighted by Gasteiger charge is -2.20. The molecule has 0 bridgehead atoms. The normalized spacial score (nSPS) is 19.2. The minimum Gasteiger partial charge on any atom is -0.348 e. The fraction of sp³-hybridized carbons (Fsp3) is 0.533. The van der Waals surface area contributed by atoms with Crippen LogP contribution in [0.4, 0.5) is 0 Å². The number of Topliss-reactive ketones (excluding diaryl/α,β-unsaturated/α-hetero) is 1. The molecule has 1 unspecified atom stereocenters.